The minimum absolute atomic E-state index is 0.0851. The zero-order valence-electron chi connectivity index (χ0n) is 17.4. The van der Waals surface area contributed by atoms with Crippen LogP contribution in [0.25, 0.3) is 0 Å². The SMILES string of the molecule is CC(C)CN1C(=O)CN(c2ccc(S(=O)(=O)N3CCCC3)cc2OC(C)C)C1=O. The zero-order chi connectivity index (χ0) is 21.3. The monoisotopic (exact) mass is 423 g/mol. The van der Waals surface area contributed by atoms with Gasteiger partial charge in [-0.25, -0.2) is 13.2 Å². The molecular weight excluding hydrogens is 394 g/mol. The molecule has 0 aromatic heterocycles. The molecule has 1 aromatic rings. The first-order valence-corrected chi connectivity index (χ1v) is 11.5. The van der Waals surface area contributed by atoms with E-state index in [1.54, 1.807) is 6.07 Å². The summed E-state index contributed by atoms with van der Waals surface area (Å²) in [5, 5.41) is 0. The Morgan fingerprint density at radius 3 is 2.31 bits per heavy atom. The fourth-order valence-electron chi connectivity index (χ4n) is 3.58. The van der Waals surface area contributed by atoms with Crippen molar-refractivity contribution in [2.75, 3.05) is 31.1 Å². The topological polar surface area (TPSA) is 87.2 Å². The molecule has 0 spiro atoms. The molecule has 160 valence electrons. The van der Waals surface area contributed by atoms with Crippen LogP contribution in [0.5, 0.6) is 5.75 Å². The lowest BCUT2D eigenvalue weighted by molar-refractivity contribution is -0.125. The lowest BCUT2D eigenvalue weighted by Gasteiger charge is -2.23. The van der Waals surface area contributed by atoms with Crippen molar-refractivity contribution in [3.05, 3.63) is 18.2 Å². The van der Waals surface area contributed by atoms with Crippen LogP contribution in [-0.4, -0.2) is 61.8 Å². The lowest BCUT2D eigenvalue weighted by Crippen LogP contribution is -2.35. The van der Waals surface area contributed by atoms with Gasteiger partial charge in [-0.05, 0) is 44.7 Å². The van der Waals surface area contributed by atoms with Gasteiger partial charge in [-0.15, -0.1) is 0 Å². The second-order valence-electron chi connectivity index (χ2n) is 8.17. The number of rotatable bonds is 7. The number of amides is 3. The number of hydrogen-bond donors (Lipinski definition) is 0. The van der Waals surface area contributed by atoms with Gasteiger partial charge in [0.25, 0.3) is 5.91 Å². The van der Waals surface area contributed by atoms with Gasteiger partial charge in [0, 0.05) is 25.7 Å². The van der Waals surface area contributed by atoms with E-state index >= 15 is 0 Å². The number of hydrogen-bond acceptors (Lipinski definition) is 5. The quantitative estimate of drug-likeness (QED) is 0.629. The van der Waals surface area contributed by atoms with E-state index in [4.69, 9.17) is 4.74 Å². The Morgan fingerprint density at radius 2 is 1.72 bits per heavy atom. The van der Waals surface area contributed by atoms with Crippen LogP contribution in [0.3, 0.4) is 0 Å². The van der Waals surface area contributed by atoms with Crippen LogP contribution < -0.4 is 9.64 Å². The highest BCUT2D eigenvalue weighted by atomic mass is 32.2. The van der Waals surface area contributed by atoms with Gasteiger partial charge < -0.3 is 4.74 Å². The van der Waals surface area contributed by atoms with Gasteiger partial charge in [0.15, 0.2) is 0 Å². The molecule has 0 radical (unpaired) electrons. The van der Waals surface area contributed by atoms with Crippen molar-refractivity contribution < 1.29 is 22.7 Å². The summed E-state index contributed by atoms with van der Waals surface area (Å²) in [6.45, 7) is 8.81. The third kappa shape index (κ3) is 4.40. The van der Waals surface area contributed by atoms with E-state index in [1.807, 2.05) is 27.7 Å². The molecule has 2 aliphatic heterocycles. The Hall–Kier alpha value is -2.13. The lowest BCUT2D eigenvalue weighted by atomic mass is 10.2. The number of sulfonamides is 1. The molecule has 29 heavy (non-hydrogen) atoms. The fourth-order valence-corrected chi connectivity index (χ4v) is 5.11. The average molecular weight is 424 g/mol. The minimum atomic E-state index is -3.62. The summed E-state index contributed by atoms with van der Waals surface area (Å²) in [6.07, 6.45) is 1.48. The van der Waals surface area contributed by atoms with E-state index in [2.05, 4.69) is 0 Å². The molecule has 2 aliphatic rings. The number of nitrogens with zero attached hydrogens (tertiary/aromatic N) is 3. The smallest absolute Gasteiger partial charge is 0.331 e. The zero-order valence-corrected chi connectivity index (χ0v) is 18.2. The summed E-state index contributed by atoms with van der Waals surface area (Å²) in [5.74, 6) is 0.169. The molecule has 0 unspecified atom stereocenters. The first-order chi connectivity index (χ1) is 13.6. The predicted octanol–water partition coefficient (Wildman–Crippen LogP) is 2.68. The van der Waals surface area contributed by atoms with Crippen molar-refractivity contribution >= 4 is 27.6 Å². The third-order valence-corrected chi connectivity index (χ3v) is 6.79. The van der Waals surface area contributed by atoms with Gasteiger partial charge in [-0.3, -0.25) is 14.6 Å². The third-order valence-electron chi connectivity index (χ3n) is 4.89. The summed E-state index contributed by atoms with van der Waals surface area (Å²) in [7, 11) is -3.62. The maximum Gasteiger partial charge on any atom is 0.331 e. The van der Waals surface area contributed by atoms with E-state index in [1.165, 1.54) is 26.2 Å². The molecule has 0 atom stereocenters. The number of imide groups is 1. The molecule has 3 amide bonds. The molecule has 9 heteroatoms. The first kappa shape index (κ1) is 21.6. The van der Waals surface area contributed by atoms with Crippen molar-refractivity contribution in [2.24, 2.45) is 5.92 Å². The van der Waals surface area contributed by atoms with Gasteiger partial charge >= 0.3 is 6.03 Å². The number of carbonyl (C=O) groups is 2. The molecule has 8 nitrogen and oxygen atoms in total. The highest BCUT2D eigenvalue weighted by molar-refractivity contribution is 7.89. The van der Waals surface area contributed by atoms with Gasteiger partial charge in [0.05, 0.1) is 16.7 Å². The Bertz CT molecular complexity index is 891. The second-order valence-corrected chi connectivity index (χ2v) is 10.1. The van der Waals surface area contributed by atoms with Gasteiger partial charge in [-0.1, -0.05) is 13.8 Å². The summed E-state index contributed by atoms with van der Waals surface area (Å²) >= 11 is 0. The summed E-state index contributed by atoms with van der Waals surface area (Å²) < 4.78 is 33.2. The van der Waals surface area contributed by atoms with Crippen LogP contribution in [-0.2, 0) is 14.8 Å². The molecular formula is C20H29N3O5S. The van der Waals surface area contributed by atoms with Gasteiger partial charge in [0.1, 0.15) is 12.3 Å². The number of ether oxygens (including phenoxy) is 1. The molecule has 2 saturated heterocycles. The Labute approximate surface area is 172 Å². The second kappa shape index (κ2) is 8.31. The first-order valence-electron chi connectivity index (χ1n) is 10.0. The highest BCUT2D eigenvalue weighted by Gasteiger charge is 2.39. The summed E-state index contributed by atoms with van der Waals surface area (Å²) in [4.78, 5) is 27.9. The molecule has 2 fully saturated rings. The van der Waals surface area contributed by atoms with Crippen LogP contribution in [0, 0.1) is 5.92 Å². The maximum atomic E-state index is 12.9. The summed E-state index contributed by atoms with van der Waals surface area (Å²) in [6, 6.07) is 4.10. The van der Waals surface area contributed by atoms with Crippen LogP contribution in [0.4, 0.5) is 10.5 Å². The number of carbonyl (C=O) groups excluding carboxylic acids is 2. The molecule has 0 N–H and O–H groups in total. The Balaban J connectivity index is 1.97. The summed E-state index contributed by atoms with van der Waals surface area (Å²) in [5.41, 5.74) is 0.406. The van der Waals surface area contributed by atoms with E-state index in [0.717, 1.165) is 12.8 Å². The molecule has 0 bridgehead atoms. The minimum Gasteiger partial charge on any atom is -0.489 e. The molecule has 3 rings (SSSR count). The number of benzene rings is 1. The van der Waals surface area contributed by atoms with E-state index in [-0.39, 0.29) is 35.1 Å². The van der Waals surface area contributed by atoms with Gasteiger partial charge in [0.2, 0.25) is 10.0 Å². The van der Waals surface area contributed by atoms with Crippen molar-refractivity contribution in [1.29, 1.82) is 0 Å². The van der Waals surface area contributed by atoms with E-state index < -0.39 is 16.1 Å². The van der Waals surface area contributed by atoms with Crippen molar-refractivity contribution in [2.45, 2.75) is 51.5 Å². The molecule has 0 saturated carbocycles. The number of urea groups is 1. The van der Waals surface area contributed by atoms with E-state index in [0.29, 0.717) is 25.3 Å². The molecule has 0 aliphatic carbocycles. The van der Waals surface area contributed by atoms with Crippen LogP contribution in [0.15, 0.2) is 23.1 Å². The van der Waals surface area contributed by atoms with Crippen molar-refractivity contribution in [3.63, 3.8) is 0 Å². The van der Waals surface area contributed by atoms with Crippen LogP contribution >= 0.6 is 0 Å². The largest absolute Gasteiger partial charge is 0.489 e. The number of anilines is 1. The molecule has 2 heterocycles. The van der Waals surface area contributed by atoms with Crippen molar-refractivity contribution in [3.8, 4) is 5.75 Å². The Kier molecular flexibility index (Phi) is 6.19. The normalized spacial score (nSPS) is 18.6. The van der Waals surface area contributed by atoms with Gasteiger partial charge in [-0.2, -0.15) is 4.31 Å². The average Bonchev–Trinajstić information content (AvgIpc) is 3.26. The van der Waals surface area contributed by atoms with E-state index in [9.17, 15) is 18.0 Å². The van der Waals surface area contributed by atoms with Crippen molar-refractivity contribution in [1.82, 2.24) is 9.21 Å². The predicted molar refractivity (Wildman–Crippen MR) is 109 cm³/mol. The molecule has 1 aromatic carbocycles. The fraction of sp³-hybridized carbons (Fsp3) is 0.600. The van der Waals surface area contributed by atoms with Crippen LogP contribution in [0.1, 0.15) is 40.5 Å². The van der Waals surface area contributed by atoms with Crippen LogP contribution in [0.2, 0.25) is 0 Å². The Morgan fingerprint density at radius 1 is 1.07 bits per heavy atom. The maximum absolute atomic E-state index is 12.9. The highest BCUT2D eigenvalue weighted by Crippen LogP contribution is 2.35. The standard InChI is InChI=1S/C20H29N3O5S/c1-14(2)12-23-19(24)13-22(20(23)25)17-8-7-16(11-18(17)28-15(3)4)29(26,27)21-9-5-6-10-21/h7-8,11,14-15H,5-6,9-10,12-13H2,1-4H3.